The number of carbonyl (C=O) groups is 1. The normalized spacial score (nSPS) is 11.1. The van der Waals surface area contributed by atoms with Crippen LogP contribution >= 0.6 is 12.2 Å². The standard InChI is InChI=1S/C14H14N4OS/c1-2-15-12(19)8-18-13-9-5-3-4-6-10(9)16-7-11(13)17-14(18)20/h3-7H,2,8H2,1H3,(H,15,19)(H,17,20). The quantitative estimate of drug-likeness (QED) is 0.727. The number of pyridine rings is 1. The summed E-state index contributed by atoms with van der Waals surface area (Å²) in [7, 11) is 0. The zero-order valence-electron chi connectivity index (χ0n) is 11.0. The van der Waals surface area contributed by atoms with Crippen LogP contribution in [0.5, 0.6) is 0 Å². The second-order valence-electron chi connectivity index (χ2n) is 4.51. The molecule has 0 aliphatic heterocycles. The smallest absolute Gasteiger partial charge is 0.240 e. The number of para-hydroxylation sites is 1. The first-order chi connectivity index (χ1) is 9.70. The number of imidazole rings is 1. The molecule has 0 saturated carbocycles. The minimum atomic E-state index is -0.0506. The van der Waals surface area contributed by atoms with Gasteiger partial charge in [0.05, 0.1) is 22.7 Å². The number of amides is 1. The van der Waals surface area contributed by atoms with Crippen molar-refractivity contribution >= 4 is 40.1 Å². The van der Waals surface area contributed by atoms with Crippen molar-refractivity contribution in [2.24, 2.45) is 0 Å². The summed E-state index contributed by atoms with van der Waals surface area (Å²) in [5.41, 5.74) is 2.66. The number of nitrogens with one attached hydrogen (secondary N) is 2. The number of H-pyrrole nitrogens is 1. The summed E-state index contributed by atoms with van der Waals surface area (Å²) < 4.78 is 2.35. The summed E-state index contributed by atoms with van der Waals surface area (Å²) in [6.45, 7) is 2.71. The van der Waals surface area contributed by atoms with Crippen molar-refractivity contribution in [2.75, 3.05) is 6.54 Å². The van der Waals surface area contributed by atoms with Crippen LogP contribution in [0.1, 0.15) is 6.92 Å². The SMILES string of the molecule is CCNC(=O)Cn1c(=S)[nH]c2cnc3ccccc3c21. The Morgan fingerprint density at radius 3 is 3.05 bits per heavy atom. The minimum absolute atomic E-state index is 0.0506. The van der Waals surface area contributed by atoms with Crippen molar-refractivity contribution in [3.63, 3.8) is 0 Å². The number of fused-ring (bicyclic) bond motifs is 3. The van der Waals surface area contributed by atoms with Crippen molar-refractivity contribution in [3.05, 3.63) is 35.2 Å². The Morgan fingerprint density at radius 2 is 2.25 bits per heavy atom. The Hall–Kier alpha value is -2.21. The Morgan fingerprint density at radius 1 is 1.45 bits per heavy atom. The number of hydrogen-bond donors (Lipinski definition) is 2. The average molecular weight is 286 g/mol. The van der Waals surface area contributed by atoms with E-state index in [4.69, 9.17) is 12.2 Å². The van der Waals surface area contributed by atoms with Crippen molar-refractivity contribution in [1.82, 2.24) is 19.9 Å². The van der Waals surface area contributed by atoms with Gasteiger partial charge < -0.3 is 14.9 Å². The van der Waals surface area contributed by atoms with Crippen LogP contribution in [0, 0.1) is 4.77 Å². The van der Waals surface area contributed by atoms with Crippen LogP contribution < -0.4 is 5.32 Å². The molecule has 0 radical (unpaired) electrons. The third-order valence-electron chi connectivity index (χ3n) is 3.18. The maximum atomic E-state index is 11.8. The van der Waals surface area contributed by atoms with E-state index in [1.54, 1.807) is 6.20 Å². The molecule has 3 rings (SSSR count). The van der Waals surface area contributed by atoms with E-state index >= 15 is 0 Å². The Balaban J connectivity index is 2.25. The molecule has 0 bridgehead atoms. The molecule has 6 heteroatoms. The number of hydrogen-bond acceptors (Lipinski definition) is 3. The second-order valence-corrected chi connectivity index (χ2v) is 4.89. The number of carbonyl (C=O) groups excluding carboxylic acids is 1. The number of nitrogens with zero attached hydrogens (tertiary/aromatic N) is 2. The number of likely N-dealkylation sites (N-methyl/N-ethyl adjacent to an activating group) is 1. The van der Waals surface area contributed by atoms with Gasteiger partial charge in [0.2, 0.25) is 5.91 Å². The summed E-state index contributed by atoms with van der Waals surface area (Å²) >= 11 is 5.32. The first-order valence-electron chi connectivity index (χ1n) is 6.43. The van der Waals surface area contributed by atoms with Crippen LogP contribution in [0.15, 0.2) is 30.5 Å². The van der Waals surface area contributed by atoms with Crippen LogP contribution in [0.4, 0.5) is 0 Å². The Labute approximate surface area is 120 Å². The molecule has 5 nitrogen and oxygen atoms in total. The van der Waals surface area contributed by atoms with E-state index in [1.807, 2.05) is 35.8 Å². The lowest BCUT2D eigenvalue weighted by Crippen LogP contribution is -2.27. The van der Waals surface area contributed by atoms with Crippen molar-refractivity contribution in [3.8, 4) is 0 Å². The van der Waals surface area contributed by atoms with Crippen molar-refractivity contribution < 1.29 is 4.79 Å². The lowest BCUT2D eigenvalue weighted by molar-refractivity contribution is -0.121. The van der Waals surface area contributed by atoms with Gasteiger partial charge in [-0.3, -0.25) is 9.78 Å². The summed E-state index contributed by atoms with van der Waals surface area (Å²) in [5, 5.41) is 3.78. The number of rotatable bonds is 3. The lowest BCUT2D eigenvalue weighted by atomic mass is 10.2. The number of benzene rings is 1. The Kier molecular flexibility index (Phi) is 3.23. The molecule has 0 aliphatic carbocycles. The van der Waals surface area contributed by atoms with Gasteiger partial charge in [0.25, 0.3) is 0 Å². The third kappa shape index (κ3) is 2.08. The van der Waals surface area contributed by atoms with E-state index in [0.29, 0.717) is 11.3 Å². The molecule has 1 amide bonds. The van der Waals surface area contributed by atoms with Gasteiger partial charge >= 0.3 is 0 Å². The fraction of sp³-hybridized carbons (Fsp3) is 0.214. The first-order valence-corrected chi connectivity index (χ1v) is 6.84. The molecule has 102 valence electrons. The van der Waals surface area contributed by atoms with Crippen LogP contribution in [0.25, 0.3) is 21.9 Å². The lowest BCUT2D eigenvalue weighted by Gasteiger charge is -2.06. The molecule has 20 heavy (non-hydrogen) atoms. The van der Waals surface area contributed by atoms with Crippen molar-refractivity contribution in [2.45, 2.75) is 13.5 Å². The molecule has 0 spiro atoms. The molecule has 2 heterocycles. The average Bonchev–Trinajstić information content (AvgIpc) is 2.76. The molecule has 2 N–H and O–H groups in total. The van der Waals surface area contributed by atoms with E-state index in [1.165, 1.54) is 0 Å². The molecule has 0 aliphatic rings. The molecule has 2 aromatic heterocycles. The van der Waals surface area contributed by atoms with E-state index in [2.05, 4.69) is 15.3 Å². The van der Waals surface area contributed by atoms with Crippen LogP contribution in [0.3, 0.4) is 0 Å². The molecule has 1 aromatic carbocycles. The summed E-state index contributed by atoms with van der Waals surface area (Å²) in [4.78, 5) is 19.3. The number of aromatic amines is 1. The maximum absolute atomic E-state index is 11.8. The van der Waals surface area contributed by atoms with Crippen LogP contribution in [-0.4, -0.2) is 27.0 Å². The maximum Gasteiger partial charge on any atom is 0.240 e. The van der Waals surface area contributed by atoms with Crippen molar-refractivity contribution in [1.29, 1.82) is 0 Å². The van der Waals surface area contributed by atoms with Gasteiger partial charge in [-0.1, -0.05) is 18.2 Å². The van der Waals surface area contributed by atoms with Gasteiger partial charge in [-0.2, -0.15) is 0 Å². The van der Waals surface area contributed by atoms with Gasteiger partial charge in [0.1, 0.15) is 6.54 Å². The fourth-order valence-corrected chi connectivity index (χ4v) is 2.61. The summed E-state index contributed by atoms with van der Waals surface area (Å²) in [5.74, 6) is -0.0506. The van der Waals surface area contributed by atoms with Crippen LogP contribution in [0.2, 0.25) is 0 Å². The number of aromatic nitrogens is 3. The van der Waals surface area contributed by atoms with Gasteiger partial charge in [-0.25, -0.2) is 0 Å². The molecular formula is C14H14N4OS. The van der Waals surface area contributed by atoms with E-state index < -0.39 is 0 Å². The van der Waals surface area contributed by atoms with E-state index in [9.17, 15) is 4.79 Å². The fourth-order valence-electron chi connectivity index (χ4n) is 2.34. The van der Waals surface area contributed by atoms with Gasteiger partial charge in [0, 0.05) is 11.9 Å². The van der Waals surface area contributed by atoms with Gasteiger partial charge in [-0.15, -0.1) is 0 Å². The molecular weight excluding hydrogens is 272 g/mol. The zero-order chi connectivity index (χ0) is 14.1. The Bertz CT molecular complexity index is 849. The monoisotopic (exact) mass is 286 g/mol. The van der Waals surface area contributed by atoms with E-state index in [-0.39, 0.29) is 12.5 Å². The highest BCUT2D eigenvalue weighted by atomic mass is 32.1. The summed E-state index contributed by atoms with van der Waals surface area (Å²) in [6.07, 6.45) is 1.75. The minimum Gasteiger partial charge on any atom is -0.355 e. The first kappa shape index (κ1) is 12.8. The third-order valence-corrected chi connectivity index (χ3v) is 3.50. The van der Waals surface area contributed by atoms with E-state index in [0.717, 1.165) is 21.9 Å². The topological polar surface area (TPSA) is 62.7 Å². The second kappa shape index (κ2) is 5.05. The molecule has 3 aromatic rings. The highest BCUT2D eigenvalue weighted by Crippen LogP contribution is 2.23. The predicted molar refractivity (Wildman–Crippen MR) is 81.1 cm³/mol. The molecule has 0 atom stereocenters. The highest BCUT2D eigenvalue weighted by molar-refractivity contribution is 7.71. The largest absolute Gasteiger partial charge is 0.355 e. The predicted octanol–water partition coefficient (Wildman–Crippen LogP) is 2.38. The molecule has 0 unspecified atom stereocenters. The summed E-state index contributed by atoms with van der Waals surface area (Å²) in [6, 6.07) is 7.83. The van der Waals surface area contributed by atoms with Gasteiger partial charge in [-0.05, 0) is 25.2 Å². The zero-order valence-corrected chi connectivity index (χ0v) is 11.8. The highest BCUT2D eigenvalue weighted by Gasteiger charge is 2.11. The van der Waals surface area contributed by atoms with Gasteiger partial charge in [0.15, 0.2) is 4.77 Å². The molecule has 0 fully saturated rings. The van der Waals surface area contributed by atoms with Crippen LogP contribution in [-0.2, 0) is 11.3 Å². The molecule has 0 saturated heterocycles.